The summed E-state index contributed by atoms with van der Waals surface area (Å²) in [7, 11) is -3.38. The second-order valence-corrected chi connectivity index (χ2v) is 12.0. The Bertz CT molecular complexity index is 1430. The molecule has 6 heteroatoms. The largest absolute Gasteiger partial charge is 0.386 e. The predicted molar refractivity (Wildman–Crippen MR) is 134 cm³/mol. The fraction of sp³-hybridized carbons (Fsp3) is 0.259. The molecule has 0 saturated carbocycles. The monoisotopic (exact) mass is 460 g/mol. The second kappa shape index (κ2) is 8.04. The minimum absolute atomic E-state index is 0.677. The quantitative estimate of drug-likeness (QED) is 0.427. The van der Waals surface area contributed by atoms with Gasteiger partial charge in [0.2, 0.25) is 0 Å². The average Bonchev–Trinajstić information content (AvgIpc) is 2.77. The molecule has 0 amide bonds. The highest BCUT2D eigenvalue weighted by Gasteiger charge is 2.34. The first-order valence-corrected chi connectivity index (χ1v) is 12.7. The van der Waals surface area contributed by atoms with Crippen LogP contribution in [0.1, 0.15) is 38.8 Å². The summed E-state index contributed by atoms with van der Waals surface area (Å²) < 4.78 is 24.2. The van der Waals surface area contributed by atoms with Crippen molar-refractivity contribution in [3.8, 4) is 22.4 Å². The standard InChI is InChI=1S/C27H28N2O3S/c1-26(2,30)22-11-12-24(29-17-22)19-9-6-8-18(14-19)21-15-20-10-7-13-28-25(20)23(16-21)27(3,4)33(5,31)32/h6-17,30H,1-5H3. The summed E-state index contributed by atoms with van der Waals surface area (Å²) >= 11 is 0. The molecule has 4 rings (SSSR count). The first-order chi connectivity index (χ1) is 15.4. The van der Waals surface area contributed by atoms with Crippen molar-refractivity contribution in [2.75, 3.05) is 6.26 Å². The average molecular weight is 461 g/mol. The van der Waals surface area contributed by atoms with Crippen molar-refractivity contribution in [3.05, 3.63) is 84.2 Å². The lowest BCUT2D eigenvalue weighted by Gasteiger charge is -2.25. The highest BCUT2D eigenvalue weighted by atomic mass is 32.2. The molecule has 0 aliphatic heterocycles. The van der Waals surface area contributed by atoms with Gasteiger partial charge in [-0.2, -0.15) is 0 Å². The summed E-state index contributed by atoms with van der Waals surface area (Å²) in [4.78, 5) is 9.03. The van der Waals surface area contributed by atoms with Gasteiger partial charge in [0.25, 0.3) is 0 Å². The van der Waals surface area contributed by atoms with Crippen LogP contribution in [0.4, 0.5) is 0 Å². The maximum Gasteiger partial charge on any atom is 0.156 e. The van der Waals surface area contributed by atoms with Crippen LogP contribution in [0.2, 0.25) is 0 Å². The zero-order chi connectivity index (χ0) is 24.0. The van der Waals surface area contributed by atoms with Gasteiger partial charge in [-0.3, -0.25) is 9.97 Å². The van der Waals surface area contributed by atoms with Crippen molar-refractivity contribution in [2.24, 2.45) is 0 Å². The lowest BCUT2D eigenvalue weighted by Crippen LogP contribution is -2.28. The van der Waals surface area contributed by atoms with Gasteiger partial charge in [0.05, 0.1) is 21.6 Å². The molecular formula is C27H28N2O3S. The third-order valence-electron chi connectivity index (χ3n) is 6.24. The molecule has 1 N–H and O–H groups in total. The molecule has 0 unspecified atom stereocenters. The van der Waals surface area contributed by atoms with Crippen LogP contribution in [0.25, 0.3) is 33.3 Å². The summed E-state index contributed by atoms with van der Waals surface area (Å²) in [5.74, 6) is 0. The van der Waals surface area contributed by atoms with Crippen LogP contribution < -0.4 is 0 Å². The first kappa shape index (κ1) is 23.1. The van der Waals surface area contributed by atoms with Gasteiger partial charge in [0.15, 0.2) is 9.84 Å². The van der Waals surface area contributed by atoms with Gasteiger partial charge in [-0.05, 0) is 74.7 Å². The van der Waals surface area contributed by atoms with E-state index >= 15 is 0 Å². The molecule has 5 nitrogen and oxygen atoms in total. The van der Waals surface area contributed by atoms with E-state index in [2.05, 4.69) is 9.97 Å². The van der Waals surface area contributed by atoms with E-state index in [-0.39, 0.29) is 0 Å². The SMILES string of the molecule is CC(C)(O)c1ccc(-c2cccc(-c3cc(C(C)(C)S(C)(=O)=O)c4ncccc4c3)c2)nc1. The van der Waals surface area contributed by atoms with Crippen LogP contribution in [0.15, 0.2) is 73.1 Å². The molecule has 0 aliphatic carbocycles. The zero-order valence-electron chi connectivity index (χ0n) is 19.5. The summed E-state index contributed by atoms with van der Waals surface area (Å²) in [6, 6.07) is 19.5. The van der Waals surface area contributed by atoms with Gasteiger partial charge in [-0.1, -0.05) is 30.3 Å². The molecule has 0 saturated heterocycles. The van der Waals surface area contributed by atoms with Gasteiger partial charge < -0.3 is 5.11 Å². The van der Waals surface area contributed by atoms with Crippen LogP contribution in [0, 0.1) is 0 Å². The Kier molecular flexibility index (Phi) is 5.63. The number of aromatic nitrogens is 2. The van der Waals surface area contributed by atoms with Gasteiger partial charge in [-0.15, -0.1) is 0 Å². The second-order valence-electron chi connectivity index (χ2n) is 9.45. The molecule has 4 aromatic rings. The van der Waals surface area contributed by atoms with Crippen LogP contribution in [-0.2, 0) is 20.2 Å². The number of sulfone groups is 1. The third-order valence-corrected chi connectivity index (χ3v) is 8.32. The number of benzene rings is 2. The highest BCUT2D eigenvalue weighted by molar-refractivity contribution is 7.91. The Morgan fingerprint density at radius 2 is 1.55 bits per heavy atom. The summed E-state index contributed by atoms with van der Waals surface area (Å²) in [5, 5.41) is 11.1. The third kappa shape index (κ3) is 4.41. The molecule has 0 aliphatic rings. The van der Waals surface area contributed by atoms with Gasteiger partial charge in [0, 0.05) is 35.2 Å². The lowest BCUT2D eigenvalue weighted by molar-refractivity contribution is 0.0782. The smallest absolute Gasteiger partial charge is 0.156 e. The molecule has 0 fully saturated rings. The van der Waals surface area contributed by atoms with Crippen molar-refractivity contribution in [1.82, 2.24) is 9.97 Å². The number of rotatable bonds is 5. The maximum absolute atomic E-state index is 12.6. The van der Waals surface area contributed by atoms with E-state index in [0.717, 1.165) is 33.3 Å². The Balaban J connectivity index is 1.85. The molecule has 0 bridgehead atoms. The van der Waals surface area contributed by atoms with E-state index < -0.39 is 20.2 Å². The number of nitrogens with zero attached hydrogens (tertiary/aromatic N) is 2. The van der Waals surface area contributed by atoms with Crippen LogP contribution >= 0.6 is 0 Å². The van der Waals surface area contributed by atoms with Crippen molar-refractivity contribution in [2.45, 2.75) is 38.0 Å². The van der Waals surface area contributed by atoms with E-state index in [9.17, 15) is 13.5 Å². The fourth-order valence-corrected chi connectivity index (χ4v) is 4.36. The molecule has 170 valence electrons. The predicted octanol–water partition coefficient (Wildman–Crippen LogP) is 5.47. The lowest BCUT2D eigenvalue weighted by atomic mass is 9.92. The maximum atomic E-state index is 12.6. The number of hydrogen-bond acceptors (Lipinski definition) is 5. The molecule has 33 heavy (non-hydrogen) atoms. The van der Waals surface area contributed by atoms with E-state index in [1.165, 1.54) is 6.26 Å². The number of pyridine rings is 2. The number of aliphatic hydroxyl groups is 1. The summed E-state index contributed by atoms with van der Waals surface area (Å²) in [6.45, 7) is 6.91. The molecule has 0 atom stereocenters. The number of hydrogen-bond donors (Lipinski definition) is 1. The van der Waals surface area contributed by atoms with E-state index in [1.807, 2.05) is 60.7 Å². The van der Waals surface area contributed by atoms with Crippen LogP contribution in [-0.4, -0.2) is 29.7 Å². The van der Waals surface area contributed by atoms with Crippen LogP contribution in [0.5, 0.6) is 0 Å². The highest BCUT2D eigenvalue weighted by Crippen LogP contribution is 2.37. The van der Waals surface area contributed by atoms with Crippen molar-refractivity contribution < 1.29 is 13.5 Å². The van der Waals surface area contributed by atoms with E-state index in [1.54, 1.807) is 40.1 Å². The molecule has 0 spiro atoms. The minimum atomic E-state index is -3.38. The molecule has 2 aromatic heterocycles. The molecular weight excluding hydrogens is 432 g/mol. The normalized spacial score (nSPS) is 12.8. The first-order valence-electron chi connectivity index (χ1n) is 10.8. The molecule has 2 aromatic carbocycles. The fourth-order valence-electron chi connectivity index (χ4n) is 3.80. The molecule has 0 radical (unpaired) electrons. The van der Waals surface area contributed by atoms with E-state index in [0.29, 0.717) is 11.1 Å². The Hall–Kier alpha value is -3.09. The minimum Gasteiger partial charge on any atom is -0.386 e. The van der Waals surface area contributed by atoms with Gasteiger partial charge in [0.1, 0.15) is 0 Å². The van der Waals surface area contributed by atoms with Gasteiger partial charge in [-0.25, -0.2) is 8.42 Å². The van der Waals surface area contributed by atoms with Crippen molar-refractivity contribution in [3.63, 3.8) is 0 Å². The molecule has 2 heterocycles. The zero-order valence-corrected chi connectivity index (χ0v) is 20.3. The van der Waals surface area contributed by atoms with Crippen molar-refractivity contribution >= 4 is 20.7 Å². The Labute approximate surface area is 195 Å². The van der Waals surface area contributed by atoms with Crippen molar-refractivity contribution in [1.29, 1.82) is 0 Å². The topological polar surface area (TPSA) is 80.1 Å². The van der Waals surface area contributed by atoms with E-state index in [4.69, 9.17) is 0 Å². The number of fused-ring (bicyclic) bond motifs is 1. The Morgan fingerprint density at radius 1 is 0.818 bits per heavy atom. The Morgan fingerprint density at radius 3 is 2.18 bits per heavy atom. The van der Waals surface area contributed by atoms with Crippen LogP contribution in [0.3, 0.4) is 0 Å². The van der Waals surface area contributed by atoms with Gasteiger partial charge >= 0.3 is 0 Å². The summed E-state index contributed by atoms with van der Waals surface area (Å²) in [6.07, 6.45) is 4.64. The summed E-state index contributed by atoms with van der Waals surface area (Å²) in [5.41, 5.74) is 4.77.